The molecule has 0 aromatic carbocycles. The molecule has 0 saturated carbocycles. The van der Waals surface area contributed by atoms with Crippen molar-refractivity contribution in [2.24, 2.45) is 0 Å². The Balaban J connectivity index is 1.47. The maximum atomic E-state index is 12.0. The van der Waals surface area contributed by atoms with E-state index in [0.29, 0.717) is 13.1 Å². The maximum absolute atomic E-state index is 12.0. The summed E-state index contributed by atoms with van der Waals surface area (Å²) in [7, 11) is 0. The molecular formula is C13H18N4OS. The number of aromatic nitrogens is 2. The Morgan fingerprint density at radius 2 is 2.21 bits per heavy atom. The van der Waals surface area contributed by atoms with E-state index in [9.17, 15) is 4.79 Å². The van der Waals surface area contributed by atoms with Crippen LogP contribution in [0.5, 0.6) is 0 Å². The highest BCUT2D eigenvalue weighted by atomic mass is 32.1. The number of carbonyl (C=O) groups is 1. The van der Waals surface area contributed by atoms with Crippen LogP contribution in [0.3, 0.4) is 0 Å². The van der Waals surface area contributed by atoms with Gasteiger partial charge in [-0.05, 0) is 19.3 Å². The zero-order chi connectivity index (χ0) is 13.1. The molecule has 102 valence electrons. The molecule has 3 rings (SSSR count). The van der Waals surface area contributed by atoms with Crippen molar-refractivity contribution in [1.29, 1.82) is 0 Å². The van der Waals surface area contributed by atoms with Gasteiger partial charge in [0.25, 0.3) is 0 Å². The Labute approximate surface area is 116 Å². The number of rotatable bonds is 4. The molecule has 2 aromatic heterocycles. The molecule has 19 heavy (non-hydrogen) atoms. The second kappa shape index (κ2) is 5.71. The standard InChI is InChI=1S/C13H18N4OS/c18-12(16-4-2-1-3-5-16)9-14-8-11-10-17-6-7-19-13(17)15-11/h6-7,10,14H,1-5,8-9H2. The minimum Gasteiger partial charge on any atom is -0.342 e. The summed E-state index contributed by atoms with van der Waals surface area (Å²) in [5, 5.41) is 5.20. The van der Waals surface area contributed by atoms with Crippen molar-refractivity contribution in [2.45, 2.75) is 25.8 Å². The van der Waals surface area contributed by atoms with Crippen molar-refractivity contribution in [3.05, 3.63) is 23.5 Å². The molecule has 1 amide bonds. The minimum absolute atomic E-state index is 0.209. The van der Waals surface area contributed by atoms with Gasteiger partial charge < -0.3 is 10.2 Å². The van der Waals surface area contributed by atoms with Crippen LogP contribution >= 0.6 is 11.3 Å². The smallest absolute Gasteiger partial charge is 0.236 e. The van der Waals surface area contributed by atoms with Crippen LogP contribution < -0.4 is 5.32 Å². The number of hydrogen-bond donors (Lipinski definition) is 1. The molecule has 0 unspecified atom stereocenters. The fraction of sp³-hybridized carbons (Fsp3) is 0.538. The SMILES string of the molecule is O=C(CNCc1cn2ccsc2n1)N1CCCCC1. The molecular weight excluding hydrogens is 260 g/mol. The first-order valence-corrected chi connectivity index (χ1v) is 7.60. The summed E-state index contributed by atoms with van der Waals surface area (Å²) in [6.07, 6.45) is 7.54. The average Bonchev–Trinajstić information content (AvgIpc) is 3.00. The Morgan fingerprint density at radius 1 is 1.37 bits per heavy atom. The predicted octanol–water partition coefficient (Wildman–Crippen LogP) is 1.50. The van der Waals surface area contributed by atoms with Crippen LogP contribution in [0.25, 0.3) is 4.96 Å². The van der Waals surface area contributed by atoms with E-state index in [2.05, 4.69) is 10.3 Å². The first-order chi connectivity index (χ1) is 9.33. The van der Waals surface area contributed by atoms with Gasteiger partial charge >= 0.3 is 0 Å². The van der Waals surface area contributed by atoms with Gasteiger partial charge in [0.05, 0.1) is 12.2 Å². The third-order valence-electron chi connectivity index (χ3n) is 3.43. The third-order valence-corrected chi connectivity index (χ3v) is 4.20. The molecule has 1 fully saturated rings. The normalized spacial score (nSPS) is 16.1. The number of imidazole rings is 1. The van der Waals surface area contributed by atoms with Crippen molar-refractivity contribution >= 4 is 22.2 Å². The quantitative estimate of drug-likeness (QED) is 0.922. The molecule has 1 saturated heterocycles. The van der Waals surface area contributed by atoms with Crippen LogP contribution in [0.4, 0.5) is 0 Å². The van der Waals surface area contributed by atoms with E-state index in [4.69, 9.17) is 0 Å². The lowest BCUT2D eigenvalue weighted by Crippen LogP contribution is -2.40. The van der Waals surface area contributed by atoms with E-state index < -0.39 is 0 Å². The van der Waals surface area contributed by atoms with Gasteiger partial charge in [0.2, 0.25) is 5.91 Å². The van der Waals surface area contributed by atoms with Gasteiger partial charge in [-0.15, -0.1) is 11.3 Å². The summed E-state index contributed by atoms with van der Waals surface area (Å²) < 4.78 is 2.01. The number of piperidine rings is 1. The van der Waals surface area contributed by atoms with Crippen molar-refractivity contribution in [3.63, 3.8) is 0 Å². The number of carbonyl (C=O) groups excluding carboxylic acids is 1. The highest BCUT2D eigenvalue weighted by molar-refractivity contribution is 7.15. The van der Waals surface area contributed by atoms with Crippen LogP contribution in [-0.2, 0) is 11.3 Å². The fourth-order valence-electron chi connectivity index (χ4n) is 2.41. The van der Waals surface area contributed by atoms with E-state index in [1.54, 1.807) is 11.3 Å². The molecule has 2 aromatic rings. The number of nitrogens with one attached hydrogen (secondary N) is 1. The van der Waals surface area contributed by atoms with Crippen molar-refractivity contribution in [1.82, 2.24) is 19.6 Å². The van der Waals surface area contributed by atoms with Gasteiger partial charge in [0.15, 0.2) is 4.96 Å². The largest absolute Gasteiger partial charge is 0.342 e. The molecule has 0 atom stereocenters. The van der Waals surface area contributed by atoms with E-state index in [1.807, 2.05) is 27.1 Å². The minimum atomic E-state index is 0.209. The molecule has 0 aliphatic carbocycles. The number of likely N-dealkylation sites (tertiary alicyclic amines) is 1. The maximum Gasteiger partial charge on any atom is 0.236 e. The number of fused-ring (bicyclic) bond motifs is 1. The van der Waals surface area contributed by atoms with Gasteiger partial charge in [0.1, 0.15) is 0 Å². The second-order valence-electron chi connectivity index (χ2n) is 4.87. The predicted molar refractivity (Wildman–Crippen MR) is 75.2 cm³/mol. The summed E-state index contributed by atoms with van der Waals surface area (Å²) >= 11 is 1.62. The van der Waals surface area contributed by atoms with Gasteiger partial charge in [0, 0.05) is 37.4 Å². The number of amides is 1. The Bertz CT molecular complexity index is 527. The fourth-order valence-corrected chi connectivity index (χ4v) is 3.13. The summed E-state index contributed by atoms with van der Waals surface area (Å²) in [6, 6.07) is 0. The zero-order valence-electron chi connectivity index (χ0n) is 10.8. The molecule has 1 aliphatic heterocycles. The lowest BCUT2D eigenvalue weighted by Gasteiger charge is -2.26. The molecule has 1 aliphatic rings. The Morgan fingerprint density at radius 3 is 3.00 bits per heavy atom. The topological polar surface area (TPSA) is 49.6 Å². The van der Waals surface area contributed by atoms with Crippen LogP contribution in [0.15, 0.2) is 17.8 Å². The van der Waals surface area contributed by atoms with Crippen molar-refractivity contribution in [2.75, 3.05) is 19.6 Å². The summed E-state index contributed by atoms with van der Waals surface area (Å²) in [6.45, 7) is 2.89. The molecule has 1 N–H and O–H groups in total. The summed E-state index contributed by atoms with van der Waals surface area (Å²) in [5.74, 6) is 0.209. The number of thiazole rings is 1. The molecule has 0 bridgehead atoms. The molecule has 5 nitrogen and oxygen atoms in total. The Kier molecular flexibility index (Phi) is 3.79. The summed E-state index contributed by atoms with van der Waals surface area (Å²) in [4.78, 5) is 19.4. The third kappa shape index (κ3) is 2.96. The monoisotopic (exact) mass is 278 g/mol. The lowest BCUT2D eigenvalue weighted by molar-refractivity contribution is -0.131. The number of nitrogens with zero attached hydrogens (tertiary/aromatic N) is 3. The highest BCUT2D eigenvalue weighted by Crippen LogP contribution is 2.11. The van der Waals surface area contributed by atoms with Crippen molar-refractivity contribution < 1.29 is 4.79 Å². The lowest BCUT2D eigenvalue weighted by atomic mass is 10.1. The Hall–Kier alpha value is -1.40. The van der Waals surface area contributed by atoms with E-state index >= 15 is 0 Å². The van der Waals surface area contributed by atoms with Crippen LogP contribution in [0.1, 0.15) is 25.0 Å². The first-order valence-electron chi connectivity index (χ1n) is 6.72. The number of hydrogen-bond acceptors (Lipinski definition) is 4. The van der Waals surface area contributed by atoms with Crippen LogP contribution in [-0.4, -0.2) is 39.8 Å². The molecule has 0 spiro atoms. The second-order valence-corrected chi connectivity index (χ2v) is 5.74. The van der Waals surface area contributed by atoms with Gasteiger partial charge in [-0.3, -0.25) is 9.20 Å². The van der Waals surface area contributed by atoms with Crippen molar-refractivity contribution in [3.8, 4) is 0 Å². The van der Waals surface area contributed by atoms with Crippen LogP contribution in [0, 0.1) is 0 Å². The van der Waals surface area contributed by atoms with Gasteiger partial charge in [-0.2, -0.15) is 0 Å². The first kappa shape index (κ1) is 12.6. The van der Waals surface area contributed by atoms with E-state index in [-0.39, 0.29) is 5.91 Å². The highest BCUT2D eigenvalue weighted by Gasteiger charge is 2.15. The zero-order valence-corrected chi connectivity index (χ0v) is 11.7. The molecule has 0 radical (unpaired) electrons. The molecule has 6 heteroatoms. The average molecular weight is 278 g/mol. The van der Waals surface area contributed by atoms with Crippen LogP contribution in [0.2, 0.25) is 0 Å². The van der Waals surface area contributed by atoms with Gasteiger partial charge in [-0.1, -0.05) is 0 Å². The van der Waals surface area contributed by atoms with Gasteiger partial charge in [-0.25, -0.2) is 4.98 Å². The van der Waals surface area contributed by atoms with E-state index in [1.165, 1.54) is 6.42 Å². The van der Waals surface area contributed by atoms with E-state index in [0.717, 1.165) is 36.6 Å². The molecule has 3 heterocycles. The summed E-state index contributed by atoms with van der Waals surface area (Å²) in [5.41, 5.74) is 0.985.